The molecule has 0 saturated heterocycles. The Hall–Kier alpha value is -2.92. The lowest BCUT2D eigenvalue weighted by molar-refractivity contribution is -0.118. The van der Waals surface area contributed by atoms with Crippen molar-refractivity contribution >= 4 is 33.2 Å². The van der Waals surface area contributed by atoms with Crippen molar-refractivity contribution < 1.29 is 19.0 Å². The number of aromatic amines is 1. The lowest BCUT2D eigenvalue weighted by Gasteiger charge is -2.04. The highest BCUT2D eigenvalue weighted by molar-refractivity contribution is 9.10. The van der Waals surface area contributed by atoms with Crippen molar-refractivity contribution in [2.45, 2.75) is 12.8 Å². The maximum Gasteiger partial charge on any atom is 0.182 e. The molecular formula is C15H12BrFN6O3. The number of hydrogen-bond donors (Lipinski definition) is 3. The van der Waals surface area contributed by atoms with Gasteiger partial charge in [0.15, 0.2) is 11.5 Å². The van der Waals surface area contributed by atoms with Crippen LogP contribution in [-0.2, 0) is 17.6 Å². The van der Waals surface area contributed by atoms with Gasteiger partial charge in [0.1, 0.15) is 23.1 Å². The Balaban J connectivity index is 1.81. The quantitative estimate of drug-likeness (QED) is 0.315. The Kier molecular flexibility index (Phi) is 5.49. The van der Waals surface area contributed by atoms with Crippen LogP contribution in [0.5, 0.6) is 0 Å². The predicted molar refractivity (Wildman–Crippen MR) is 90.5 cm³/mol. The average molecular weight is 423 g/mol. The highest BCUT2D eigenvalue weighted by Gasteiger charge is 2.20. The van der Waals surface area contributed by atoms with Crippen LogP contribution in [0.1, 0.15) is 17.2 Å². The zero-order valence-electron chi connectivity index (χ0n) is 13.1. The van der Waals surface area contributed by atoms with Crippen molar-refractivity contribution in [2.24, 2.45) is 4.99 Å². The molecule has 3 aromatic rings. The molecule has 3 rings (SSSR count). The molecule has 2 heterocycles. The number of imidazole rings is 1. The minimum absolute atomic E-state index is 0.0701. The first-order valence-electron chi connectivity index (χ1n) is 7.32. The number of H-pyrrole nitrogens is 1. The number of rotatable bonds is 6. The first-order chi connectivity index (χ1) is 12.6. The molecule has 0 aliphatic carbocycles. The minimum Gasteiger partial charge on any atom is -0.348 e. The van der Waals surface area contributed by atoms with Gasteiger partial charge in [0.2, 0.25) is 0 Å². The molecular weight excluding hydrogens is 411 g/mol. The molecule has 0 aliphatic heterocycles. The summed E-state index contributed by atoms with van der Waals surface area (Å²) in [5, 5.41) is 16.7. The van der Waals surface area contributed by atoms with Crippen molar-refractivity contribution in [1.29, 1.82) is 0 Å². The summed E-state index contributed by atoms with van der Waals surface area (Å²) in [7, 11) is 0. The Morgan fingerprint density at radius 2 is 2.23 bits per heavy atom. The Bertz CT molecular complexity index is 941. The van der Waals surface area contributed by atoms with Gasteiger partial charge in [-0.05, 0) is 39.3 Å². The second-order valence-electron chi connectivity index (χ2n) is 5.16. The summed E-state index contributed by atoms with van der Waals surface area (Å²) in [5.41, 5.74) is 2.50. The molecule has 0 spiro atoms. The van der Waals surface area contributed by atoms with E-state index in [-0.39, 0.29) is 40.3 Å². The van der Waals surface area contributed by atoms with E-state index >= 15 is 0 Å². The molecule has 0 saturated carbocycles. The lowest BCUT2D eigenvalue weighted by Crippen LogP contribution is -2.23. The molecule has 3 N–H and O–H groups in total. The molecule has 2 aromatic heterocycles. The number of halogens is 2. The monoisotopic (exact) mass is 422 g/mol. The number of carbonyl (C=O) groups excluding carboxylic acids is 1. The van der Waals surface area contributed by atoms with E-state index in [2.05, 4.69) is 45.8 Å². The van der Waals surface area contributed by atoms with E-state index in [1.54, 1.807) is 12.4 Å². The van der Waals surface area contributed by atoms with Crippen LogP contribution in [0, 0.1) is 5.82 Å². The molecule has 0 radical (unpaired) electrons. The van der Waals surface area contributed by atoms with E-state index in [9.17, 15) is 14.4 Å². The fraction of sp³-hybridized carbons (Fsp3) is 0.133. The van der Waals surface area contributed by atoms with Crippen molar-refractivity contribution in [3.63, 3.8) is 0 Å². The topological polar surface area (TPSA) is 129 Å². The van der Waals surface area contributed by atoms with Crippen molar-refractivity contribution in [1.82, 2.24) is 25.8 Å². The summed E-state index contributed by atoms with van der Waals surface area (Å²) in [5.74, 6) is -0.197. The number of nitrogens with one attached hydrogen (secondary N) is 2. The van der Waals surface area contributed by atoms with Gasteiger partial charge in [-0.15, -0.1) is 0 Å². The second-order valence-corrected chi connectivity index (χ2v) is 6.01. The van der Waals surface area contributed by atoms with E-state index in [0.29, 0.717) is 11.5 Å². The van der Waals surface area contributed by atoms with Crippen LogP contribution in [-0.4, -0.2) is 37.1 Å². The number of benzene rings is 1. The number of amidine groups is 1. The predicted octanol–water partition coefficient (Wildman–Crippen LogP) is 2.11. The summed E-state index contributed by atoms with van der Waals surface area (Å²) in [4.78, 5) is 23.1. The molecule has 134 valence electrons. The molecule has 11 heteroatoms. The van der Waals surface area contributed by atoms with Gasteiger partial charge in [-0.25, -0.2) is 19.0 Å². The summed E-state index contributed by atoms with van der Waals surface area (Å²) < 4.78 is 18.2. The third-order valence-corrected chi connectivity index (χ3v) is 3.92. The molecule has 0 bridgehead atoms. The first-order valence-corrected chi connectivity index (χ1v) is 8.11. The lowest BCUT2D eigenvalue weighted by atomic mass is 10.1. The summed E-state index contributed by atoms with van der Waals surface area (Å²) in [6.07, 6.45) is 3.16. The Morgan fingerprint density at radius 1 is 1.38 bits per heavy atom. The van der Waals surface area contributed by atoms with Crippen LogP contribution in [0.3, 0.4) is 0 Å². The highest BCUT2D eigenvalue weighted by Crippen LogP contribution is 2.22. The van der Waals surface area contributed by atoms with E-state index in [4.69, 9.17) is 0 Å². The fourth-order valence-electron chi connectivity index (χ4n) is 2.15. The van der Waals surface area contributed by atoms with Gasteiger partial charge >= 0.3 is 0 Å². The van der Waals surface area contributed by atoms with E-state index in [1.807, 2.05) is 5.48 Å². The molecule has 0 atom stereocenters. The van der Waals surface area contributed by atoms with Crippen LogP contribution in [0.2, 0.25) is 0 Å². The molecule has 0 amide bonds. The number of ketones is 1. The van der Waals surface area contributed by atoms with Crippen LogP contribution in [0.15, 0.2) is 44.7 Å². The van der Waals surface area contributed by atoms with Crippen LogP contribution >= 0.6 is 15.9 Å². The SMILES string of the molecule is O=C(Cc1ncc[nH]1)Cc1nonc1C(=Nc1ccc(F)c(Br)c1)NO. The number of Topliss-reactive ketones (excluding diaryl/α,β-unsaturated/α-hetero) is 1. The second kappa shape index (κ2) is 7.97. The van der Waals surface area contributed by atoms with Gasteiger partial charge in [0.05, 0.1) is 23.0 Å². The molecule has 0 fully saturated rings. The number of carbonyl (C=O) groups is 1. The van der Waals surface area contributed by atoms with E-state index in [1.165, 1.54) is 18.2 Å². The van der Waals surface area contributed by atoms with Gasteiger partial charge in [0.25, 0.3) is 0 Å². The third kappa shape index (κ3) is 4.18. The number of hydrogen-bond acceptors (Lipinski definition) is 7. The van der Waals surface area contributed by atoms with Crippen LogP contribution in [0.4, 0.5) is 10.1 Å². The first kappa shape index (κ1) is 17.9. The molecule has 26 heavy (non-hydrogen) atoms. The van der Waals surface area contributed by atoms with Gasteiger partial charge in [-0.2, -0.15) is 0 Å². The molecule has 9 nitrogen and oxygen atoms in total. The van der Waals surface area contributed by atoms with Gasteiger partial charge in [-0.1, -0.05) is 5.16 Å². The summed E-state index contributed by atoms with van der Waals surface area (Å²) >= 11 is 3.05. The zero-order chi connectivity index (χ0) is 18.5. The zero-order valence-corrected chi connectivity index (χ0v) is 14.7. The van der Waals surface area contributed by atoms with E-state index < -0.39 is 5.82 Å². The van der Waals surface area contributed by atoms with Gasteiger partial charge in [0, 0.05) is 12.4 Å². The standard InChI is InChI=1S/C15H12BrFN6O3/c16-10-5-8(1-2-11(10)17)20-15(21-25)14-12(22-26-23-14)6-9(24)7-13-18-3-4-19-13/h1-5,25H,6-7H2,(H,18,19)(H,20,21). The number of aliphatic imine (C=N–C) groups is 1. The average Bonchev–Trinajstić information content (AvgIpc) is 3.28. The van der Waals surface area contributed by atoms with Crippen molar-refractivity contribution in [3.8, 4) is 0 Å². The van der Waals surface area contributed by atoms with Crippen LogP contribution < -0.4 is 5.48 Å². The summed E-state index contributed by atoms with van der Waals surface area (Å²) in [6.45, 7) is 0. The van der Waals surface area contributed by atoms with Crippen molar-refractivity contribution in [2.75, 3.05) is 0 Å². The largest absolute Gasteiger partial charge is 0.348 e. The maximum absolute atomic E-state index is 13.3. The van der Waals surface area contributed by atoms with Gasteiger partial charge in [-0.3, -0.25) is 15.5 Å². The minimum atomic E-state index is -0.449. The smallest absolute Gasteiger partial charge is 0.182 e. The maximum atomic E-state index is 13.3. The van der Waals surface area contributed by atoms with E-state index in [0.717, 1.165) is 0 Å². The molecule has 0 aliphatic rings. The third-order valence-electron chi connectivity index (χ3n) is 3.31. The molecule has 0 unspecified atom stereocenters. The fourth-order valence-corrected chi connectivity index (χ4v) is 2.51. The van der Waals surface area contributed by atoms with Crippen LogP contribution in [0.25, 0.3) is 0 Å². The normalized spacial score (nSPS) is 11.6. The summed E-state index contributed by atoms with van der Waals surface area (Å²) in [6, 6.07) is 4.04. The Morgan fingerprint density at radius 3 is 2.92 bits per heavy atom. The Labute approximate surface area is 154 Å². The van der Waals surface area contributed by atoms with Gasteiger partial charge < -0.3 is 4.98 Å². The number of hydroxylamine groups is 1. The van der Waals surface area contributed by atoms with Crippen molar-refractivity contribution in [3.05, 3.63) is 58.1 Å². The number of aromatic nitrogens is 4. The molecule has 1 aromatic carbocycles. The highest BCUT2D eigenvalue weighted by atomic mass is 79.9. The number of nitrogens with zero attached hydrogens (tertiary/aromatic N) is 4.